The Hall–Kier alpha value is -2.03. The van der Waals surface area contributed by atoms with Crippen molar-refractivity contribution < 1.29 is 32.7 Å². The van der Waals surface area contributed by atoms with Gasteiger partial charge in [0.1, 0.15) is 0 Å². The molecule has 7 rings (SSSR count). The van der Waals surface area contributed by atoms with Crippen molar-refractivity contribution in [3.8, 4) is 0 Å². The summed E-state index contributed by atoms with van der Waals surface area (Å²) >= 11 is 0. The van der Waals surface area contributed by atoms with E-state index in [1.54, 1.807) is 5.57 Å². The normalized spacial score (nSPS) is 15.0. The number of nitrogens with zero attached hydrogens (tertiary/aromatic N) is 2. The number of fused-ring (bicyclic) bond motifs is 1. The zero-order chi connectivity index (χ0) is 28.9. The summed E-state index contributed by atoms with van der Waals surface area (Å²) in [6.07, 6.45) is 13.4. The van der Waals surface area contributed by atoms with Crippen LogP contribution in [-0.4, -0.2) is 13.1 Å². The van der Waals surface area contributed by atoms with Gasteiger partial charge in [-0.15, -0.1) is 13.0 Å². The van der Waals surface area contributed by atoms with Crippen molar-refractivity contribution in [1.29, 1.82) is 0 Å². The molecule has 42 heavy (non-hydrogen) atoms. The quantitative estimate of drug-likeness (QED) is 0.307. The maximum atomic E-state index is 2.42. The summed E-state index contributed by atoms with van der Waals surface area (Å²) in [4.78, 5) is 4.84. The Morgan fingerprint density at radius 1 is 0.619 bits per heavy atom. The summed E-state index contributed by atoms with van der Waals surface area (Å²) in [6, 6.07) is 17.3. The first-order valence-electron chi connectivity index (χ1n) is 15.1. The van der Waals surface area contributed by atoms with Crippen molar-refractivity contribution in [1.82, 2.24) is 0 Å². The number of hydrogen-bond acceptors (Lipinski definition) is 2. The average Bonchev–Trinajstić information content (AvgIpc) is 3.63. The molecule has 2 aliphatic carbocycles. The van der Waals surface area contributed by atoms with Gasteiger partial charge in [0.2, 0.25) is 0 Å². The minimum absolute atomic E-state index is 0. The van der Waals surface area contributed by atoms with E-state index in [-0.39, 0.29) is 47.6 Å². The smallest absolute Gasteiger partial charge is 0.358 e. The third kappa shape index (κ3) is 10.9. The van der Waals surface area contributed by atoms with E-state index in [1.165, 1.54) is 45.9 Å². The molecule has 3 heteroatoms. The Bertz CT molecular complexity index is 1070. The minimum atomic E-state index is 0. The van der Waals surface area contributed by atoms with Crippen LogP contribution in [0.5, 0.6) is 0 Å². The molecule has 2 nitrogen and oxygen atoms in total. The second-order valence-corrected chi connectivity index (χ2v) is 10.5. The van der Waals surface area contributed by atoms with Crippen LogP contribution in [0.3, 0.4) is 0 Å². The van der Waals surface area contributed by atoms with Gasteiger partial charge in [0, 0.05) is 13.1 Å². The third-order valence-corrected chi connectivity index (χ3v) is 7.56. The van der Waals surface area contributed by atoms with E-state index >= 15 is 0 Å². The zero-order valence-electron chi connectivity index (χ0n) is 29.0. The van der Waals surface area contributed by atoms with E-state index in [0.29, 0.717) is 0 Å². The molecular weight excluding hydrogens is 585 g/mol. The van der Waals surface area contributed by atoms with Gasteiger partial charge in [-0.2, -0.15) is 0 Å². The maximum Gasteiger partial charge on any atom is 3.00 e. The zero-order valence-corrected chi connectivity index (χ0v) is 31.8. The molecule has 2 aromatic rings. The van der Waals surface area contributed by atoms with Crippen molar-refractivity contribution in [2.24, 2.45) is 11.8 Å². The summed E-state index contributed by atoms with van der Waals surface area (Å²) in [5.41, 5.74) is 11.4. The molecule has 5 aliphatic rings. The maximum absolute atomic E-state index is 2.42. The summed E-state index contributed by atoms with van der Waals surface area (Å²) in [7, 11) is 0. The molecular formula is C39H59N2Y. The summed E-state index contributed by atoms with van der Waals surface area (Å²) in [6.45, 7) is 23.5. The van der Waals surface area contributed by atoms with Crippen molar-refractivity contribution >= 4 is 22.7 Å². The van der Waals surface area contributed by atoms with Gasteiger partial charge < -0.3 is 24.7 Å². The largest absolute Gasteiger partial charge is 3.00 e. The van der Waals surface area contributed by atoms with Crippen LogP contribution in [0.15, 0.2) is 95.1 Å². The Kier molecular flexibility index (Phi) is 21.7. The van der Waals surface area contributed by atoms with Gasteiger partial charge in [-0.3, -0.25) is 0 Å². The second kappa shape index (κ2) is 21.6. The third-order valence-electron chi connectivity index (χ3n) is 7.56. The fourth-order valence-electron chi connectivity index (χ4n) is 5.10. The molecule has 0 spiro atoms. The molecule has 1 atom stereocenters. The fourth-order valence-corrected chi connectivity index (χ4v) is 5.10. The van der Waals surface area contributed by atoms with Crippen LogP contribution in [0.2, 0.25) is 0 Å². The number of hydrogen-bond donors (Lipinski definition) is 0. The molecule has 0 aromatic heterocycles. The van der Waals surface area contributed by atoms with E-state index in [0.717, 1.165) is 31.3 Å². The molecule has 0 fully saturated rings. The van der Waals surface area contributed by atoms with E-state index in [9.17, 15) is 0 Å². The molecule has 1 unspecified atom stereocenters. The first-order chi connectivity index (χ1) is 18.9. The Morgan fingerprint density at radius 3 is 1.26 bits per heavy atom. The number of benzene rings is 2. The van der Waals surface area contributed by atoms with Crippen LogP contribution in [0.4, 0.5) is 22.7 Å². The van der Waals surface area contributed by atoms with E-state index in [1.807, 2.05) is 27.7 Å². The molecule has 0 saturated carbocycles. The van der Waals surface area contributed by atoms with Crippen LogP contribution in [0.1, 0.15) is 82.1 Å². The average molecular weight is 645 g/mol. The van der Waals surface area contributed by atoms with Crippen molar-refractivity contribution in [3.63, 3.8) is 0 Å². The first-order valence-corrected chi connectivity index (χ1v) is 15.1. The molecule has 3 aliphatic heterocycles. The molecule has 2 bridgehead atoms. The van der Waals surface area contributed by atoms with E-state index < -0.39 is 0 Å². The Balaban J connectivity index is 0. The van der Waals surface area contributed by atoms with Crippen molar-refractivity contribution in [3.05, 3.63) is 116 Å². The second-order valence-electron chi connectivity index (χ2n) is 10.5. The molecule has 0 N–H and O–H groups in total. The predicted molar refractivity (Wildman–Crippen MR) is 189 cm³/mol. The van der Waals surface area contributed by atoms with Crippen LogP contribution >= 0.6 is 0 Å². The Labute approximate surface area is 286 Å². The van der Waals surface area contributed by atoms with Gasteiger partial charge in [-0.25, -0.2) is 18.1 Å². The van der Waals surface area contributed by atoms with Gasteiger partial charge in [0.05, 0.1) is 22.7 Å². The van der Waals surface area contributed by atoms with Gasteiger partial charge in [0.15, 0.2) is 0 Å². The SMILES string of the molecule is CC.CC.CC1=CC=C(C(C)C(C)C)C1.C[CH-]C1=CC=C(C)C1.[CH3-].[CH3-].[Y+3].c1ccc2c(c1)N1CCN2c2ccccc21. The fraction of sp³-hybridized carbons (Fsp3) is 0.410. The van der Waals surface area contributed by atoms with Crippen LogP contribution in [0.25, 0.3) is 0 Å². The van der Waals surface area contributed by atoms with Gasteiger partial charge in [0.25, 0.3) is 0 Å². The monoisotopic (exact) mass is 644 g/mol. The molecule has 2 aromatic carbocycles. The standard InChI is InChI=1S/C14H12N2.C11H18.C8H11.2C2H6.2CH3.Y/c1-2-6-12-11(5-1)15-9-10-16(12)14-8-4-3-7-13(14)15;1-8(2)10(4)11-6-5-9(3)7-11;1-3-8-5-4-7(2)6-8;2*1-2;;;/h1-8H,9-10H2;5-6,8,10H,7H2,1-4H3;3-5H,6H2,1-2H3;2*1-2H3;2*1H3;/q;;-1;;;2*-1;+3. The first kappa shape index (κ1) is 42.1. The predicted octanol–water partition coefficient (Wildman–Crippen LogP) is 12.3. The molecule has 0 radical (unpaired) electrons. The van der Waals surface area contributed by atoms with E-state index in [2.05, 4.69) is 131 Å². The minimum Gasteiger partial charge on any atom is -0.358 e. The summed E-state index contributed by atoms with van der Waals surface area (Å²) < 4.78 is 0. The number of para-hydroxylation sites is 4. The number of rotatable bonds is 3. The van der Waals surface area contributed by atoms with Crippen LogP contribution < -0.4 is 9.80 Å². The topological polar surface area (TPSA) is 6.48 Å². The van der Waals surface area contributed by atoms with Crippen LogP contribution in [-0.2, 0) is 32.7 Å². The molecule has 0 saturated heterocycles. The van der Waals surface area contributed by atoms with Crippen molar-refractivity contribution in [2.45, 2.75) is 82.1 Å². The van der Waals surface area contributed by atoms with Gasteiger partial charge >= 0.3 is 32.7 Å². The van der Waals surface area contributed by atoms with Gasteiger partial charge in [-0.05, 0) is 62.8 Å². The Morgan fingerprint density at radius 2 is 1.00 bits per heavy atom. The molecule has 3 heterocycles. The van der Waals surface area contributed by atoms with Crippen molar-refractivity contribution in [2.75, 3.05) is 22.9 Å². The van der Waals surface area contributed by atoms with Crippen LogP contribution in [0, 0.1) is 33.1 Å². The number of anilines is 4. The summed E-state index contributed by atoms with van der Waals surface area (Å²) in [5.74, 6) is 1.53. The number of allylic oxidation sites excluding steroid dienone is 8. The molecule has 228 valence electrons. The van der Waals surface area contributed by atoms with Gasteiger partial charge in [-0.1, -0.05) is 102 Å². The summed E-state index contributed by atoms with van der Waals surface area (Å²) in [5, 5.41) is 0. The molecule has 0 amide bonds. The van der Waals surface area contributed by atoms with E-state index in [4.69, 9.17) is 0 Å².